The lowest BCUT2D eigenvalue weighted by atomic mass is 10.1. The number of nitrogens with zero attached hydrogens (tertiary/aromatic N) is 2. The van der Waals surface area contributed by atoms with Crippen molar-refractivity contribution in [3.8, 4) is 0 Å². The third-order valence-corrected chi connectivity index (χ3v) is 6.55. The Balaban J connectivity index is 1.82. The number of morpholine rings is 1. The second-order valence-corrected chi connectivity index (χ2v) is 8.73. The van der Waals surface area contributed by atoms with Gasteiger partial charge in [-0.25, -0.2) is 8.42 Å². The van der Waals surface area contributed by atoms with E-state index in [1.54, 1.807) is 12.1 Å². The maximum Gasteiger partial charge on any atom is 0.243 e. The summed E-state index contributed by atoms with van der Waals surface area (Å²) in [5, 5.41) is 0. The van der Waals surface area contributed by atoms with E-state index in [0.717, 1.165) is 11.3 Å². The van der Waals surface area contributed by atoms with Gasteiger partial charge in [0.25, 0.3) is 0 Å². The van der Waals surface area contributed by atoms with Crippen LogP contribution in [-0.2, 0) is 14.8 Å². The molecule has 1 aliphatic rings. The summed E-state index contributed by atoms with van der Waals surface area (Å²) in [5.74, 6) is -0.159. The Bertz CT molecular complexity index is 923. The van der Waals surface area contributed by atoms with Gasteiger partial charge in [-0.3, -0.25) is 4.79 Å². The average Bonchev–Trinajstić information content (AvgIpc) is 2.68. The standard InChI is InChI=1S/C20H24N2O4S/c1-15(23)17-5-4-6-19(13-17)27(24,25)22-11-12-26-20(14-22)16-7-9-18(10-8-16)21(2)3/h4-10,13,20H,11-12,14H2,1-3H3. The van der Waals surface area contributed by atoms with Crippen LogP contribution in [0.1, 0.15) is 28.9 Å². The summed E-state index contributed by atoms with van der Waals surface area (Å²) < 4.78 is 33.3. The fraction of sp³-hybridized carbons (Fsp3) is 0.350. The lowest BCUT2D eigenvalue weighted by Crippen LogP contribution is -2.42. The van der Waals surface area contributed by atoms with Gasteiger partial charge in [0, 0.05) is 38.4 Å². The Morgan fingerprint density at radius 1 is 1.15 bits per heavy atom. The maximum atomic E-state index is 13.0. The van der Waals surface area contributed by atoms with Crippen molar-refractivity contribution in [1.82, 2.24) is 4.31 Å². The zero-order valence-electron chi connectivity index (χ0n) is 15.8. The van der Waals surface area contributed by atoms with Crippen LogP contribution in [0.4, 0.5) is 5.69 Å². The molecule has 1 saturated heterocycles. The van der Waals surface area contributed by atoms with Gasteiger partial charge in [0.05, 0.1) is 17.6 Å². The van der Waals surface area contributed by atoms with Crippen LogP contribution in [0.3, 0.4) is 0 Å². The highest BCUT2D eigenvalue weighted by atomic mass is 32.2. The summed E-state index contributed by atoms with van der Waals surface area (Å²) >= 11 is 0. The van der Waals surface area contributed by atoms with E-state index < -0.39 is 10.0 Å². The third-order valence-electron chi connectivity index (χ3n) is 4.69. The molecule has 6 nitrogen and oxygen atoms in total. The minimum atomic E-state index is -3.69. The Hall–Kier alpha value is -2.22. The van der Waals surface area contributed by atoms with Crippen LogP contribution in [0, 0.1) is 0 Å². The van der Waals surface area contributed by atoms with Crippen molar-refractivity contribution in [2.24, 2.45) is 0 Å². The molecule has 1 aliphatic heterocycles. The largest absolute Gasteiger partial charge is 0.378 e. The predicted molar refractivity (Wildman–Crippen MR) is 105 cm³/mol. The molecule has 0 N–H and O–H groups in total. The zero-order chi connectivity index (χ0) is 19.6. The van der Waals surface area contributed by atoms with Crippen molar-refractivity contribution in [3.63, 3.8) is 0 Å². The summed E-state index contributed by atoms with van der Waals surface area (Å²) in [5.41, 5.74) is 2.40. The Kier molecular flexibility index (Phi) is 5.64. The molecule has 0 aliphatic carbocycles. The zero-order valence-corrected chi connectivity index (χ0v) is 16.6. The molecule has 1 atom stereocenters. The normalized spacial score (nSPS) is 18.3. The number of carbonyl (C=O) groups is 1. The fourth-order valence-corrected chi connectivity index (χ4v) is 4.53. The average molecular weight is 388 g/mol. The molecule has 0 bridgehead atoms. The topological polar surface area (TPSA) is 66.9 Å². The number of hydrogen-bond acceptors (Lipinski definition) is 5. The molecule has 3 rings (SSSR count). The molecule has 7 heteroatoms. The molecule has 144 valence electrons. The highest BCUT2D eigenvalue weighted by molar-refractivity contribution is 7.89. The van der Waals surface area contributed by atoms with Gasteiger partial charge < -0.3 is 9.64 Å². The second kappa shape index (κ2) is 7.80. The number of rotatable bonds is 5. The van der Waals surface area contributed by atoms with Gasteiger partial charge in [0.2, 0.25) is 10.0 Å². The second-order valence-electron chi connectivity index (χ2n) is 6.79. The summed E-state index contributed by atoms with van der Waals surface area (Å²) in [6.45, 7) is 2.28. The Labute approximate surface area is 160 Å². The highest BCUT2D eigenvalue weighted by Crippen LogP contribution is 2.28. The number of sulfonamides is 1. The number of ether oxygens (including phenoxy) is 1. The van der Waals surface area contributed by atoms with E-state index in [-0.39, 0.29) is 23.3 Å². The van der Waals surface area contributed by atoms with Crippen LogP contribution in [0.15, 0.2) is 53.4 Å². The predicted octanol–water partition coefficient (Wildman–Crippen LogP) is 2.72. The number of hydrogen-bond donors (Lipinski definition) is 0. The van der Waals surface area contributed by atoms with Gasteiger partial charge in [-0.15, -0.1) is 0 Å². The first-order chi connectivity index (χ1) is 12.8. The van der Waals surface area contributed by atoms with E-state index >= 15 is 0 Å². The monoisotopic (exact) mass is 388 g/mol. The summed E-state index contributed by atoms with van der Waals surface area (Å²) in [7, 11) is 0.248. The molecule has 0 aromatic heterocycles. The van der Waals surface area contributed by atoms with Crippen LogP contribution in [-0.4, -0.2) is 52.3 Å². The van der Waals surface area contributed by atoms with Gasteiger partial charge in [-0.1, -0.05) is 24.3 Å². The molecule has 0 radical (unpaired) electrons. The van der Waals surface area contributed by atoms with Crippen LogP contribution < -0.4 is 4.90 Å². The van der Waals surface area contributed by atoms with Gasteiger partial charge in [-0.2, -0.15) is 4.31 Å². The van der Waals surface area contributed by atoms with Crippen molar-refractivity contribution in [3.05, 3.63) is 59.7 Å². The van der Waals surface area contributed by atoms with Crippen LogP contribution in [0.5, 0.6) is 0 Å². The lowest BCUT2D eigenvalue weighted by molar-refractivity contribution is -0.00255. The molecule has 1 fully saturated rings. The van der Waals surface area contributed by atoms with Crippen molar-refractivity contribution in [1.29, 1.82) is 0 Å². The fourth-order valence-electron chi connectivity index (χ4n) is 3.06. The first-order valence-electron chi connectivity index (χ1n) is 8.79. The number of anilines is 1. The summed E-state index contributed by atoms with van der Waals surface area (Å²) in [6, 6.07) is 14.1. The first-order valence-corrected chi connectivity index (χ1v) is 10.2. The van der Waals surface area contributed by atoms with Crippen molar-refractivity contribution in [2.45, 2.75) is 17.9 Å². The van der Waals surface area contributed by atoms with Gasteiger partial charge >= 0.3 is 0 Å². The van der Waals surface area contributed by atoms with Crippen molar-refractivity contribution < 1.29 is 17.9 Å². The maximum absolute atomic E-state index is 13.0. The molecule has 0 spiro atoms. The third kappa shape index (κ3) is 4.21. The van der Waals surface area contributed by atoms with E-state index in [2.05, 4.69) is 0 Å². The van der Waals surface area contributed by atoms with Crippen molar-refractivity contribution in [2.75, 3.05) is 38.7 Å². The summed E-state index contributed by atoms with van der Waals surface area (Å²) in [4.78, 5) is 13.7. The van der Waals surface area contributed by atoms with E-state index in [1.807, 2.05) is 43.3 Å². The number of benzene rings is 2. The Morgan fingerprint density at radius 2 is 1.85 bits per heavy atom. The van der Waals surface area contributed by atoms with Crippen molar-refractivity contribution >= 4 is 21.5 Å². The van der Waals surface area contributed by atoms with Gasteiger partial charge in [0.15, 0.2) is 5.78 Å². The van der Waals surface area contributed by atoms with E-state index in [9.17, 15) is 13.2 Å². The summed E-state index contributed by atoms with van der Waals surface area (Å²) in [6.07, 6.45) is -0.319. The van der Waals surface area contributed by atoms with E-state index in [4.69, 9.17) is 4.74 Å². The van der Waals surface area contributed by atoms with Crippen LogP contribution in [0.25, 0.3) is 0 Å². The highest BCUT2D eigenvalue weighted by Gasteiger charge is 2.31. The SMILES string of the molecule is CC(=O)c1cccc(S(=O)(=O)N2CCOC(c3ccc(N(C)C)cc3)C2)c1. The molecule has 0 saturated carbocycles. The minimum Gasteiger partial charge on any atom is -0.378 e. The first kappa shape index (κ1) is 19.5. The quantitative estimate of drug-likeness (QED) is 0.737. The minimum absolute atomic E-state index is 0.138. The number of carbonyl (C=O) groups excluding carboxylic acids is 1. The smallest absolute Gasteiger partial charge is 0.243 e. The molecular formula is C20H24N2O4S. The lowest BCUT2D eigenvalue weighted by Gasteiger charge is -2.32. The Morgan fingerprint density at radius 3 is 2.48 bits per heavy atom. The van der Waals surface area contributed by atoms with E-state index in [0.29, 0.717) is 18.7 Å². The molecule has 2 aromatic rings. The van der Waals surface area contributed by atoms with Crippen LogP contribution in [0.2, 0.25) is 0 Å². The number of Topliss-reactive ketones (excluding diaryl/α,β-unsaturated/α-hetero) is 1. The molecule has 1 unspecified atom stereocenters. The molecule has 1 heterocycles. The van der Waals surface area contributed by atoms with Gasteiger partial charge in [0.1, 0.15) is 0 Å². The van der Waals surface area contributed by atoms with Crippen LogP contribution >= 0.6 is 0 Å². The molecule has 2 aromatic carbocycles. The molecule has 0 amide bonds. The van der Waals surface area contributed by atoms with Gasteiger partial charge in [-0.05, 0) is 36.8 Å². The van der Waals surface area contributed by atoms with E-state index in [1.165, 1.54) is 23.4 Å². The number of ketones is 1. The molecule has 27 heavy (non-hydrogen) atoms. The molecular weight excluding hydrogens is 364 g/mol.